The van der Waals surface area contributed by atoms with E-state index in [0.717, 1.165) is 0 Å². The number of benzene rings is 1. The molecule has 0 atom stereocenters. The molecule has 1 aromatic carbocycles. The molecule has 7 heteroatoms. The van der Waals surface area contributed by atoms with E-state index < -0.39 is 11.9 Å². The molecule has 0 aliphatic rings. The Kier molecular flexibility index (Phi) is 8.98. The van der Waals surface area contributed by atoms with Crippen LogP contribution in [0, 0.1) is 0 Å². The van der Waals surface area contributed by atoms with Crippen LogP contribution >= 0.6 is 0 Å². The second kappa shape index (κ2) is 10.0. The quantitative estimate of drug-likeness (QED) is 0.533. The van der Waals surface area contributed by atoms with Crippen molar-refractivity contribution < 1.29 is 34.8 Å². The molecule has 0 bridgehead atoms. The van der Waals surface area contributed by atoms with E-state index in [4.69, 9.17) is 20.4 Å². The van der Waals surface area contributed by atoms with Gasteiger partial charge in [-0.05, 0) is 12.1 Å². The first-order chi connectivity index (χ1) is 9.08. The number of ether oxygens (including phenoxy) is 1. The highest BCUT2D eigenvalue weighted by Gasteiger charge is 2.16. The zero-order valence-corrected chi connectivity index (χ0v) is 10.2. The Morgan fingerprint density at radius 3 is 1.89 bits per heavy atom. The predicted octanol–water partition coefficient (Wildman–Crippen LogP) is -0.495. The summed E-state index contributed by atoms with van der Waals surface area (Å²) >= 11 is 0. The highest BCUT2D eigenvalue weighted by Crippen LogP contribution is 2.10. The molecule has 0 spiro atoms. The Morgan fingerprint density at radius 2 is 1.47 bits per heavy atom. The summed E-state index contributed by atoms with van der Waals surface area (Å²) in [5.41, 5.74) is -0.126. The third kappa shape index (κ3) is 6.51. The Labute approximate surface area is 109 Å². The molecule has 0 aliphatic carbocycles. The SMILES string of the molecule is O=C(O)c1ccccc1C(=O)OCCO.OCCO. The molecular weight excluding hydrogens is 256 g/mol. The molecule has 0 unspecified atom stereocenters. The van der Waals surface area contributed by atoms with Crippen molar-refractivity contribution in [2.45, 2.75) is 0 Å². The number of carbonyl (C=O) groups excluding carboxylic acids is 1. The normalized spacial score (nSPS) is 9.21. The van der Waals surface area contributed by atoms with Gasteiger partial charge in [0.2, 0.25) is 0 Å². The number of carbonyl (C=O) groups is 2. The largest absolute Gasteiger partial charge is 0.478 e. The molecule has 0 aromatic heterocycles. The maximum atomic E-state index is 11.3. The van der Waals surface area contributed by atoms with E-state index in [1.165, 1.54) is 18.2 Å². The fourth-order valence-electron chi connectivity index (χ4n) is 1.06. The molecule has 0 radical (unpaired) electrons. The van der Waals surface area contributed by atoms with Gasteiger partial charge in [-0.1, -0.05) is 12.1 Å². The lowest BCUT2D eigenvalue weighted by Gasteiger charge is -2.05. The first kappa shape index (κ1) is 17.0. The van der Waals surface area contributed by atoms with Gasteiger partial charge in [-0.15, -0.1) is 0 Å². The summed E-state index contributed by atoms with van der Waals surface area (Å²) in [5, 5.41) is 32.5. The molecule has 1 aromatic rings. The topological polar surface area (TPSA) is 124 Å². The van der Waals surface area contributed by atoms with Crippen LogP contribution in [0.5, 0.6) is 0 Å². The van der Waals surface area contributed by atoms with Crippen LogP contribution in [0.1, 0.15) is 20.7 Å². The lowest BCUT2D eigenvalue weighted by molar-refractivity contribution is 0.0426. The maximum Gasteiger partial charge on any atom is 0.339 e. The van der Waals surface area contributed by atoms with Crippen LogP contribution in [0.15, 0.2) is 24.3 Å². The van der Waals surface area contributed by atoms with Gasteiger partial charge in [-0.3, -0.25) is 0 Å². The molecular formula is C12H16O7. The number of carboxylic acids is 1. The van der Waals surface area contributed by atoms with Crippen LogP contribution in [0.4, 0.5) is 0 Å². The van der Waals surface area contributed by atoms with Crippen molar-refractivity contribution in [1.82, 2.24) is 0 Å². The first-order valence-corrected chi connectivity index (χ1v) is 5.40. The van der Waals surface area contributed by atoms with Gasteiger partial charge < -0.3 is 25.2 Å². The highest BCUT2D eigenvalue weighted by molar-refractivity contribution is 6.02. The predicted molar refractivity (Wildman–Crippen MR) is 64.9 cm³/mol. The van der Waals surface area contributed by atoms with E-state index >= 15 is 0 Å². The standard InChI is InChI=1S/C10H10O5.C2H6O2/c11-5-6-15-10(14)8-4-2-1-3-7(8)9(12)13;3-1-2-4/h1-4,11H,5-6H2,(H,12,13);3-4H,1-2H2. The number of hydrogen-bond donors (Lipinski definition) is 4. The summed E-state index contributed by atoms with van der Waals surface area (Å²) in [6.07, 6.45) is 0. The van der Waals surface area contributed by atoms with Crippen molar-refractivity contribution in [3.8, 4) is 0 Å². The van der Waals surface area contributed by atoms with E-state index in [2.05, 4.69) is 4.74 Å². The first-order valence-electron chi connectivity index (χ1n) is 5.40. The van der Waals surface area contributed by atoms with Crippen LogP contribution in [-0.2, 0) is 4.74 Å². The number of aliphatic hydroxyl groups excluding tert-OH is 3. The second-order valence-electron chi connectivity index (χ2n) is 3.16. The molecule has 0 heterocycles. The zero-order chi connectivity index (χ0) is 14.7. The number of esters is 1. The molecule has 1 rings (SSSR count). The number of aromatic carboxylic acids is 1. The van der Waals surface area contributed by atoms with Gasteiger partial charge in [0, 0.05) is 0 Å². The van der Waals surface area contributed by atoms with Crippen molar-refractivity contribution in [2.24, 2.45) is 0 Å². The summed E-state index contributed by atoms with van der Waals surface area (Å²) in [7, 11) is 0. The van der Waals surface area contributed by atoms with Gasteiger partial charge in [0.1, 0.15) is 6.61 Å². The fraction of sp³-hybridized carbons (Fsp3) is 0.333. The van der Waals surface area contributed by atoms with Crippen LogP contribution in [-0.4, -0.2) is 58.8 Å². The maximum absolute atomic E-state index is 11.3. The van der Waals surface area contributed by atoms with Crippen LogP contribution in [0.25, 0.3) is 0 Å². The molecule has 0 saturated carbocycles. The minimum atomic E-state index is -1.19. The molecule has 0 aliphatic heterocycles. The minimum absolute atomic E-state index is 0.0153. The number of rotatable bonds is 5. The van der Waals surface area contributed by atoms with Crippen LogP contribution in [0.2, 0.25) is 0 Å². The highest BCUT2D eigenvalue weighted by atomic mass is 16.5. The van der Waals surface area contributed by atoms with Crippen molar-refractivity contribution in [1.29, 1.82) is 0 Å². The molecule has 4 N–H and O–H groups in total. The fourth-order valence-corrected chi connectivity index (χ4v) is 1.06. The average molecular weight is 272 g/mol. The van der Waals surface area contributed by atoms with Gasteiger partial charge in [-0.25, -0.2) is 9.59 Å². The molecule has 7 nitrogen and oxygen atoms in total. The Hall–Kier alpha value is -1.96. The average Bonchev–Trinajstić information content (AvgIpc) is 2.44. The van der Waals surface area contributed by atoms with Gasteiger partial charge in [-0.2, -0.15) is 0 Å². The monoisotopic (exact) mass is 272 g/mol. The Balaban J connectivity index is 0.000000711. The molecule has 19 heavy (non-hydrogen) atoms. The van der Waals surface area contributed by atoms with E-state index in [1.54, 1.807) is 6.07 Å². The van der Waals surface area contributed by atoms with Gasteiger partial charge in [0.15, 0.2) is 0 Å². The summed E-state index contributed by atoms with van der Waals surface area (Å²) in [6.45, 7) is -0.687. The smallest absolute Gasteiger partial charge is 0.339 e. The number of hydrogen-bond acceptors (Lipinski definition) is 6. The third-order valence-corrected chi connectivity index (χ3v) is 1.80. The Morgan fingerprint density at radius 1 is 0.947 bits per heavy atom. The van der Waals surface area contributed by atoms with Crippen molar-refractivity contribution in [3.63, 3.8) is 0 Å². The second-order valence-corrected chi connectivity index (χ2v) is 3.16. The zero-order valence-electron chi connectivity index (χ0n) is 10.2. The Bertz CT molecular complexity index is 401. The minimum Gasteiger partial charge on any atom is -0.478 e. The molecule has 0 fully saturated rings. The third-order valence-electron chi connectivity index (χ3n) is 1.80. The van der Waals surface area contributed by atoms with Crippen molar-refractivity contribution in [2.75, 3.05) is 26.4 Å². The molecule has 0 saturated heterocycles. The van der Waals surface area contributed by atoms with E-state index in [1.807, 2.05) is 0 Å². The molecule has 0 amide bonds. The summed E-state index contributed by atoms with van der Waals surface area (Å²) in [5.74, 6) is -1.94. The van der Waals surface area contributed by atoms with E-state index in [-0.39, 0.29) is 37.6 Å². The van der Waals surface area contributed by atoms with Gasteiger partial charge in [0.25, 0.3) is 0 Å². The lowest BCUT2D eigenvalue weighted by Crippen LogP contribution is -2.13. The number of aliphatic hydroxyl groups is 3. The van der Waals surface area contributed by atoms with Gasteiger partial charge >= 0.3 is 11.9 Å². The number of carboxylic acid groups (broad SMARTS) is 1. The van der Waals surface area contributed by atoms with E-state index in [9.17, 15) is 9.59 Å². The van der Waals surface area contributed by atoms with Crippen molar-refractivity contribution in [3.05, 3.63) is 35.4 Å². The van der Waals surface area contributed by atoms with E-state index in [0.29, 0.717) is 0 Å². The summed E-state index contributed by atoms with van der Waals surface area (Å²) in [6, 6.07) is 5.75. The van der Waals surface area contributed by atoms with Crippen LogP contribution < -0.4 is 0 Å². The van der Waals surface area contributed by atoms with Crippen molar-refractivity contribution >= 4 is 11.9 Å². The van der Waals surface area contributed by atoms with Crippen LogP contribution in [0.3, 0.4) is 0 Å². The lowest BCUT2D eigenvalue weighted by atomic mass is 10.1. The summed E-state index contributed by atoms with van der Waals surface area (Å²) in [4.78, 5) is 22.1. The summed E-state index contributed by atoms with van der Waals surface area (Å²) < 4.78 is 4.62. The molecule has 106 valence electrons. The van der Waals surface area contributed by atoms with Gasteiger partial charge in [0.05, 0.1) is 30.9 Å².